The number of aromatic hydroxyl groups is 2. The molecule has 0 unspecified atom stereocenters. The number of carboxylic acid groups (broad SMARTS) is 1. The Kier molecular flexibility index (Phi) is 6.38. The molecule has 1 aliphatic rings. The van der Waals surface area contributed by atoms with Crippen molar-refractivity contribution in [2.45, 2.75) is 51.6 Å². The molecule has 1 aliphatic carbocycles. The summed E-state index contributed by atoms with van der Waals surface area (Å²) in [6.45, 7) is 3.58. The van der Waals surface area contributed by atoms with Gasteiger partial charge in [-0.05, 0) is 43.2 Å². The number of aromatic nitrogens is 1. The highest BCUT2D eigenvalue weighted by Gasteiger charge is 2.42. The van der Waals surface area contributed by atoms with Crippen LogP contribution in [0.1, 0.15) is 61.5 Å². The number of benzene rings is 1. The number of carboxylic acids is 1. The van der Waals surface area contributed by atoms with Crippen LogP contribution in [0.3, 0.4) is 0 Å². The number of anilines is 1. The zero-order valence-electron chi connectivity index (χ0n) is 17.4. The van der Waals surface area contributed by atoms with Crippen LogP contribution >= 0.6 is 0 Å². The largest absolute Gasteiger partial charge is 0.508 e. The Morgan fingerprint density at radius 3 is 2.28 bits per heavy atom. The van der Waals surface area contributed by atoms with E-state index in [1.807, 2.05) is 0 Å². The molecule has 174 valence electrons. The van der Waals surface area contributed by atoms with Crippen molar-refractivity contribution >= 4 is 17.6 Å². The van der Waals surface area contributed by atoms with Crippen molar-refractivity contribution in [1.82, 2.24) is 5.16 Å². The third-order valence-corrected chi connectivity index (χ3v) is 5.72. The SMILES string of the molecule is CC(C)c1cc(-c2onc(C(=O)O)c2NC(=O)C2CCC(C(F)(F)F)CC2)c(O)cc1O. The number of phenols is 2. The minimum Gasteiger partial charge on any atom is -0.508 e. The molecule has 32 heavy (non-hydrogen) atoms. The zero-order chi connectivity index (χ0) is 23.8. The van der Waals surface area contributed by atoms with E-state index in [2.05, 4.69) is 10.5 Å². The lowest BCUT2D eigenvalue weighted by Crippen LogP contribution is -2.32. The molecule has 0 spiro atoms. The second-order valence-electron chi connectivity index (χ2n) is 8.20. The predicted molar refractivity (Wildman–Crippen MR) is 106 cm³/mol. The van der Waals surface area contributed by atoms with Gasteiger partial charge in [-0.25, -0.2) is 4.79 Å². The lowest BCUT2D eigenvalue weighted by Gasteiger charge is -2.29. The van der Waals surface area contributed by atoms with Crippen LogP contribution in [0.2, 0.25) is 0 Å². The number of carbonyl (C=O) groups excluding carboxylic acids is 1. The van der Waals surface area contributed by atoms with Gasteiger partial charge in [-0.3, -0.25) is 4.79 Å². The molecule has 8 nitrogen and oxygen atoms in total. The van der Waals surface area contributed by atoms with Crippen LogP contribution in [0, 0.1) is 11.8 Å². The first kappa shape index (κ1) is 23.4. The van der Waals surface area contributed by atoms with Crippen molar-refractivity contribution in [2.75, 3.05) is 5.32 Å². The summed E-state index contributed by atoms with van der Waals surface area (Å²) in [5.74, 6) is -5.35. The van der Waals surface area contributed by atoms with Gasteiger partial charge in [-0.1, -0.05) is 19.0 Å². The summed E-state index contributed by atoms with van der Waals surface area (Å²) in [5, 5.41) is 35.6. The summed E-state index contributed by atoms with van der Waals surface area (Å²) in [5.41, 5.74) is -0.483. The molecule has 1 amide bonds. The number of halogens is 3. The molecular weight excluding hydrogens is 433 g/mol. The lowest BCUT2D eigenvalue weighted by atomic mass is 9.81. The third kappa shape index (κ3) is 4.66. The van der Waals surface area contributed by atoms with E-state index in [1.165, 1.54) is 6.07 Å². The first-order valence-electron chi connectivity index (χ1n) is 10.1. The maximum atomic E-state index is 12.9. The number of aromatic carboxylic acids is 1. The first-order chi connectivity index (χ1) is 14.9. The number of phenolic OH excluding ortho intramolecular Hbond substituents is 2. The summed E-state index contributed by atoms with van der Waals surface area (Å²) < 4.78 is 43.8. The second kappa shape index (κ2) is 8.71. The summed E-state index contributed by atoms with van der Waals surface area (Å²) >= 11 is 0. The molecule has 0 bridgehead atoms. The minimum absolute atomic E-state index is 0.000977. The van der Waals surface area contributed by atoms with Crippen LogP contribution in [0.4, 0.5) is 18.9 Å². The molecule has 0 aliphatic heterocycles. The highest BCUT2D eigenvalue weighted by Crippen LogP contribution is 2.43. The zero-order valence-corrected chi connectivity index (χ0v) is 17.4. The molecular formula is C21H23F3N2O6. The number of hydrogen-bond donors (Lipinski definition) is 4. The fourth-order valence-corrected chi connectivity index (χ4v) is 3.88. The number of nitrogens with one attached hydrogen (secondary N) is 1. The van der Waals surface area contributed by atoms with Crippen molar-refractivity contribution < 1.29 is 42.6 Å². The normalized spacial score (nSPS) is 19.2. The van der Waals surface area contributed by atoms with Gasteiger partial charge in [0.25, 0.3) is 0 Å². The van der Waals surface area contributed by atoms with E-state index in [0.29, 0.717) is 5.56 Å². The molecule has 1 saturated carbocycles. The van der Waals surface area contributed by atoms with Crippen LogP contribution in [0.5, 0.6) is 11.5 Å². The van der Waals surface area contributed by atoms with Crippen molar-refractivity contribution in [3.63, 3.8) is 0 Å². The van der Waals surface area contributed by atoms with E-state index in [9.17, 15) is 38.1 Å². The number of hydrogen-bond acceptors (Lipinski definition) is 6. The van der Waals surface area contributed by atoms with Gasteiger partial charge in [0, 0.05) is 12.0 Å². The standard InChI is InChI=1S/C21H23F3N2O6/c1-9(2)12-7-13(15(28)8-14(12)27)18-16(17(20(30)31)26-32-18)25-19(29)10-3-5-11(6-4-10)21(22,23)24/h7-11,27-28H,3-6H2,1-2H3,(H,25,29)(H,30,31). The lowest BCUT2D eigenvalue weighted by molar-refractivity contribution is -0.184. The van der Waals surface area contributed by atoms with Gasteiger partial charge in [0.2, 0.25) is 11.6 Å². The van der Waals surface area contributed by atoms with E-state index in [4.69, 9.17) is 4.52 Å². The van der Waals surface area contributed by atoms with Crippen LogP contribution in [-0.2, 0) is 4.79 Å². The van der Waals surface area contributed by atoms with Crippen LogP contribution in [0.15, 0.2) is 16.7 Å². The molecule has 0 radical (unpaired) electrons. The highest BCUT2D eigenvalue weighted by molar-refractivity contribution is 6.04. The number of carbonyl (C=O) groups is 2. The van der Waals surface area contributed by atoms with Crippen molar-refractivity contribution in [3.8, 4) is 22.8 Å². The fourth-order valence-electron chi connectivity index (χ4n) is 3.88. The molecule has 11 heteroatoms. The average Bonchev–Trinajstić information content (AvgIpc) is 3.10. The van der Waals surface area contributed by atoms with E-state index in [-0.39, 0.29) is 54.4 Å². The fraction of sp³-hybridized carbons (Fsp3) is 0.476. The van der Waals surface area contributed by atoms with Crippen LogP contribution in [-0.4, -0.2) is 38.5 Å². The van der Waals surface area contributed by atoms with Gasteiger partial charge in [0.05, 0.1) is 11.5 Å². The highest BCUT2D eigenvalue weighted by atomic mass is 19.4. The van der Waals surface area contributed by atoms with Crippen molar-refractivity contribution in [1.29, 1.82) is 0 Å². The van der Waals surface area contributed by atoms with Gasteiger partial charge in [0.1, 0.15) is 17.2 Å². The number of nitrogens with zero attached hydrogens (tertiary/aromatic N) is 1. The van der Waals surface area contributed by atoms with E-state index in [1.54, 1.807) is 13.8 Å². The Balaban J connectivity index is 1.92. The first-order valence-corrected chi connectivity index (χ1v) is 10.1. The van der Waals surface area contributed by atoms with Crippen LogP contribution in [0.25, 0.3) is 11.3 Å². The Morgan fingerprint density at radius 1 is 1.12 bits per heavy atom. The van der Waals surface area contributed by atoms with Crippen molar-refractivity contribution in [2.24, 2.45) is 11.8 Å². The molecule has 4 N–H and O–H groups in total. The molecule has 1 aromatic heterocycles. The Hall–Kier alpha value is -3.24. The molecule has 1 aromatic carbocycles. The summed E-state index contributed by atoms with van der Waals surface area (Å²) in [7, 11) is 0. The third-order valence-electron chi connectivity index (χ3n) is 5.72. The predicted octanol–water partition coefficient (Wildman–Crippen LogP) is 4.88. The van der Waals surface area contributed by atoms with Gasteiger partial charge in [0.15, 0.2) is 5.76 Å². The minimum atomic E-state index is -4.32. The molecule has 1 heterocycles. The monoisotopic (exact) mass is 456 g/mol. The molecule has 0 saturated heterocycles. The Bertz CT molecular complexity index is 1020. The number of rotatable bonds is 5. The van der Waals surface area contributed by atoms with Crippen LogP contribution < -0.4 is 5.32 Å². The van der Waals surface area contributed by atoms with E-state index in [0.717, 1.165) is 6.07 Å². The average molecular weight is 456 g/mol. The summed E-state index contributed by atoms with van der Waals surface area (Å²) in [4.78, 5) is 24.3. The number of alkyl halides is 3. The summed E-state index contributed by atoms with van der Waals surface area (Å²) in [6, 6.07) is 2.46. The van der Waals surface area contributed by atoms with Gasteiger partial charge in [-0.2, -0.15) is 13.2 Å². The molecule has 2 aromatic rings. The molecule has 0 atom stereocenters. The molecule has 1 fully saturated rings. The number of amides is 1. The van der Waals surface area contributed by atoms with Crippen molar-refractivity contribution in [3.05, 3.63) is 23.4 Å². The summed E-state index contributed by atoms with van der Waals surface area (Å²) in [6.07, 6.45) is -4.70. The van der Waals surface area contributed by atoms with E-state index >= 15 is 0 Å². The van der Waals surface area contributed by atoms with Gasteiger partial charge in [-0.15, -0.1) is 0 Å². The van der Waals surface area contributed by atoms with E-state index < -0.39 is 41.3 Å². The van der Waals surface area contributed by atoms with Gasteiger partial charge >= 0.3 is 12.1 Å². The quantitative estimate of drug-likeness (QED) is 0.504. The molecule has 3 rings (SSSR count). The maximum absolute atomic E-state index is 12.9. The van der Waals surface area contributed by atoms with Gasteiger partial charge < -0.3 is 25.2 Å². The second-order valence-corrected chi connectivity index (χ2v) is 8.20. The topological polar surface area (TPSA) is 133 Å². The smallest absolute Gasteiger partial charge is 0.391 e. The Labute approximate surface area is 181 Å². The Morgan fingerprint density at radius 2 is 1.75 bits per heavy atom. The maximum Gasteiger partial charge on any atom is 0.391 e.